The number of anilines is 1. The van der Waals surface area contributed by atoms with E-state index in [4.69, 9.17) is 4.74 Å². The predicted octanol–water partition coefficient (Wildman–Crippen LogP) is 3.63. The fourth-order valence-electron chi connectivity index (χ4n) is 3.43. The van der Waals surface area contributed by atoms with Gasteiger partial charge in [-0.25, -0.2) is 8.42 Å². The first-order valence-corrected chi connectivity index (χ1v) is 11.9. The summed E-state index contributed by atoms with van der Waals surface area (Å²) in [6, 6.07) is 10.7. The van der Waals surface area contributed by atoms with Gasteiger partial charge in [-0.05, 0) is 50.1 Å². The van der Waals surface area contributed by atoms with Crippen molar-refractivity contribution >= 4 is 21.6 Å². The maximum atomic E-state index is 12.8. The third-order valence-electron chi connectivity index (χ3n) is 5.26. The van der Waals surface area contributed by atoms with E-state index in [2.05, 4.69) is 28.8 Å². The number of ether oxygens (including phenoxy) is 1. The topological polar surface area (TPSA) is 87.7 Å². The van der Waals surface area contributed by atoms with Crippen LogP contribution in [0.5, 0.6) is 5.75 Å². The minimum absolute atomic E-state index is 0.0121. The Hall–Kier alpha value is -2.42. The summed E-state index contributed by atoms with van der Waals surface area (Å²) in [5.41, 5.74) is 3.77. The van der Waals surface area contributed by atoms with Crippen molar-refractivity contribution in [3.05, 3.63) is 53.1 Å². The van der Waals surface area contributed by atoms with E-state index in [0.717, 1.165) is 16.7 Å². The van der Waals surface area contributed by atoms with E-state index in [0.29, 0.717) is 24.5 Å². The number of nitrogens with zero attached hydrogens (tertiary/aromatic N) is 1. The number of methoxy groups -OCH3 is 1. The second kappa shape index (κ2) is 10.7. The van der Waals surface area contributed by atoms with Crippen LogP contribution in [0.1, 0.15) is 43.5 Å². The minimum Gasteiger partial charge on any atom is -0.495 e. The van der Waals surface area contributed by atoms with Crippen LogP contribution in [0.2, 0.25) is 0 Å². The summed E-state index contributed by atoms with van der Waals surface area (Å²) >= 11 is 0. The molecule has 0 aliphatic carbocycles. The Morgan fingerprint density at radius 1 is 1.10 bits per heavy atom. The van der Waals surface area contributed by atoms with E-state index in [1.54, 1.807) is 19.9 Å². The smallest absolute Gasteiger partial charge is 0.243 e. The summed E-state index contributed by atoms with van der Waals surface area (Å²) in [5, 5.41) is 6.00. The number of aryl methyl sites for hydroxylation is 2. The van der Waals surface area contributed by atoms with E-state index in [-0.39, 0.29) is 23.4 Å². The molecule has 1 amide bonds. The molecular weight excluding hydrogens is 414 g/mol. The molecule has 0 fully saturated rings. The highest BCUT2D eigenvalue weighted by molar-refractivity contribution is 7.89. The summed E-state index contributed by atoms with van der Waals surface area (Å²) in [6.45, 7) is 10.5. The van der Waals surface area contributed by atoms with Crippen LogP contribution >= 0.6 is 0 Å². The molecule has 0 aliphatic heterocycles. The zero-order valence-electron chi connectivity index (χ0n) is 19.2. The number of nitrogens with one attached hydrogen (secondary N) is 2. The number of amides is 1. The minimum atomic E-state index is -3.64. The lowest BCUT2D eigenvalue weighted by molar-refractivity contribution is -0.115. The van der Waals surface area contributed by atoms with Gasteiger partial charge in [-0.1, -0.05) is 37.6 Å². The molecule has 0 saturated heterocycles. The van der Waals surface area contributed by atoms with Crippen molar-refractivity contribution in [1.82, 2.24) is 9.62 Å². The average molecular weight is 448 g/mol. The number of sulfonamides is 1. The van der Waals surface area contributed by atoms with Gasteiger partial charge >= 0.3 is 0 Å². The summed E-state index contributed by atoms with van der Waals surface area (Å²) in [6.07, 6.45) is 0. The van der Waals surface area contributed by atoms with E-state index in [1.165, 1.54) is 23.5 Å². The molecule has 1 atom stereocenters. The Morgan fingerprint density at radius 3 is 2.39 bits per heavy atom. The van der Waals surface area contributed by atoms with Crippen LogP contribution in [0.4, 0.5) is 5.69 Å². The first kappa shape index (κ1) is 24.8. The molecule has 0 saturated carbocycles. The lowest BCUT2D eigenvalue weighted by Crippen LogP contribution is -2.31. The molecule has 0 aliphatic rings. The van der Waals surface area contributed by atoms with Crippen molar-refractivity contribution in [2.75, 3.05) is 32.1 Å². The van der Waals surface area contributed by atoms with Gasteiger partial charge in [0.15, 0.2) is 0 Å². The number of carbonyl (C=O) groups is 1. The van der Waals surface area contributed by atoms with Gasteiger partial charge < -0.3 is 15.4 Å². The average Bonchev–Trinajstić information content (AvgIpc) is 2.74. The molecule has 0 aromatic heterocycles. The van der Waals surface area contributed by atoms with Crippen LogP contribution in [-0.2, 0) is 14.8 Å². The quantitative estimate of drug-likeness (QED) is 0.581. The fraction of sp³-hybridized carbons (Fsp3) is 0.435. The van der Waals surface area contributed by atoms with Crippen LogP contribution in [0.15, 0.2) is 41.3 Å². The Bertz CT molecular complexity index is 1020. The molecule has 0 unspecified atom stereocenters. The normalized spacial score (nSPS) is 12.6. The molecule has 0 bridgehead atoms. The zero-order valence-corrected chi connectivity index (χ0v) is 20.0. The number of hydrogen-bond acceptors (Lipinski definition) is 5. The van der Waals surface area contributed by atoms with Gasteiger partial charge in [-0.3, -0.25) is 4.79 Å². The van der Waals surface area contributed by atoms with Crippen molar-refractivity contribution in [3.63, 3.8) is 0 Å². The van der Waals surface area contributed by atoms with E-state index < -0.39 is 10.0 Å². The van der Waals surface area contributed by atoms with Crippen LogP contribution < -0.4 is 15.4 Å². The summed E-state index contributed by atoms with van der Waals surface area (Å²) in [4.78, 5) is 12.7. The molecule has 31 heavy (non-hydrogen) atoms. The first-order chi connectivity index (χ1) is 14.6. The van der Waals surface area contributed by atoms with Crippen LogP contribution in [0, 0.1) is 13.8 Å². The van der Waals surface area contributed by atoms with E-state index >= 15 is 0 Å². The SMILES string of the molecule is CCN(CC)S(=O)(=O)c1ccc(OC)c(NC(=O)CN[C@H](C)c2cc(C)ccc2C)c1. The molecule has 7 nitrogen and oxygen atoms in total. The van der Waals surface area contributed by atoms with E-state index in [9.17, 15) is 13.2 Å². The zero-order chi connectivity index (χ0) is 23.2. The maximum Gasteiger partial charge on any atom is 0.243 e. The molecule has 2 N–H and O–H groups in total. The summed E-state index contributed by atoms with van der Waals surface area (Å²) in [7, 11) is -2.17. The number of rotatable bonds is 10. The van der Waals surface area contributed by atoms with Crippen molar-refractivity contribution in [2.45, 2.75) is 45.6 Å². The second-order valence-corrected chi connectivity index (χ2v) is 9.40. The van der Waals surface area contributed by atoms with Gasteiger partial charge in [0.2, 0.25) is 15.9 Å². The Balaban J connectivity index is 2.15. The van der Waals surface area contributed by atoms with E-state index in [1.807, 2.05) is 20.8 Å². The molecule has 2 aromatic carbocycles. The van der Waals surface area contributed by atoms with Crippen molar-refractivity contribution in [1.29, 1.82) is 0 Å². The molecule has 0 heterocycles. The maximum absolute atomic E-state index is 12.8. The third-order valence-corrected chi connectivity index (χ3v) is 7.30. The number of benzene rings is 2. The number of hydrogen-bond donors (Lipinski definition) is 2. The largest absolute Gasteiger partial charge is 0.495 e. The Kier molecular flexibility index (Phi) is 8.61. The van der Waals surface area contributed by atoms with Crippen LogP contribution in [0.3, 0.4) is 0 Å². The van der Waals surface area contributed by atoms with Crippen molar-refractivity contribution in [2.24, 2.45) is 0 Å². The molecule has 2 rings (SSSR count). The molecule has 0 radical (unpaired) electrons. The molecule has 2 aromatic rings. The second-order valence-electron chi connectivity index (χ2n) is 7.46. The lowest BCUT2D eigenvalue weighted by Gasteiger charge is -2.20. The van der Waals surface area contributed by atoms with Gasteiger partial charge in [-0.2, -0.15) is 4.31 Å². The highest BCUT2D eigenvalue weighted by Crippen LogP contribution is 2.29. The van der Waals surface area contributed by atoms with Crippen molar-refractivity contribution < 1.29 is 17.9 Å². The monoisotopic (exact) mass is 447 g/mol. The first-order valence-electron chi connectivity index (χ1n) is 10.4. The van der Waals surface area contributed by atoms with Crippen LogP contribution in [-0.4, -0.2) is 45.4 Å². The Morgan fingerprint density at radius 2 is 1.77 bits per heavy atom. The predicted molar refractivity (Wildman–Crippen MR) is 124 cm³/mol. The summed E-state index contributed by atoms with van der Waals surface area (Å²) < 4.78 is 32.3. The van der Waals surface area contributed by atoms with Crippen molar-refractivity contribution in [3.8, 4) is 5.75 Å². The van der Waals surface area contributed by atoms with Gasteiger partial charge in [0.1, 0.15) is 5.75 Å². The fourth-order valence-corrected chi connectivity index (χ4v) is 4.92. The molecular formula is C23H33N3O4S. The Labute approximate surface area is 185 Å². The van der Waals surface area contributed by atoms with Gasteiger partial charge in [-0.15, -0.1) is 0 Å². The van der Waals surface area contributed by atoms with Gasteiger partial charge in [0.05, 0.1) is 24.2 Å². The molecule has 170 valence electrons. The van der Waals surface area contributed by atoms with Crippen LogP contribution in [0.25, 0.3) is 0 Å². The van der Waals surface area contributed by atoms with Gasteiger partial charge in [0, 0.05) is 19.1 Å². The third kappa shape index (κ3) is 6.06. The molecule has 0 spiro atoms. The van der Waals surface area contributed by atoms with Gasteiger partial charge in [0.25, 0.3) is 0 Å². The molecule has 8 heteroatoms. The lowest BCUT2D eigenvalue weighted by atomic mass is 10.00. The highest BCUT2D eigenvalue weighted by Gasteiger charge is 2.23. The summed E-state index contributed by atoms with van der Waals surface area (Å²) in [5.74, 6) is 0.113. The standard InChI is InChI=1S/C23H33N3O4S/c1-7-26(8-2)31(28,29)19-11-12-22(30-6)21(14-19)25-23(27)15-24-18(5)20-13-16(3)9-10-17(20)4/h9-14,18,24H,7-8,15H2,1-6H3,(H,25,27)/t18-/m1/s1. The number of carbonyl (C=O) groups excluding carboxylic acids is 1. The highest BCUT2D eigenvalue weighted by atomic mass is 32.2.